The maximum absolute atomic E-state index is 10.8. The number of carboxylic acid groups (broad SMARTS) is 1. The first-order valence-corrected chi connectivity index (χ1v) is 4.22. The summed E-state index contributed by atoms with van der Waals surface area (Å²) in [5.74, 6) is -1.73. The molecule has 0 saturated heterocycles. The molecule has 1 amide bonds. The normalized spacial score (nSPS) is 12.2. The number of amides is 1. The second-order valence-corrected chi connectivity index (χ2v) is 2.82. The molecule has 0 spiro atoms. The summed E-state index contributed by atoms with van der Waals surface area (Å²) >= 11 is 0. The van der Waals surface area contributed by atoms with Crippen molar-refractivity contribution in [2.24, 2.45) is 0 Å². The van der Waals surface area contributed by atoms with Gasteiger partial charge in [-0.3, -0.25) is 9.59 Å². The zero-order valence-corrected chi connectivity index (χ0v) is 7.62. The minimum Gasteiger partial charge on any atom is -0.481 e. The molecule has 0 bridgehead atoms. The van der Waals surface area contributed by atoms with Crippen LogP contribution in [0.2, 0.25) is 0 Å². The molecule has 0 rings (SSSR count). The zero-order valence-electron chi connectivity index (χ0n) is 7.62. The second-order valence-electron chi connectivity index (χ2n) is 2.82. The smallest absolute Gasteiger partial charge is 0.312 e. The number of hydrogen-bond donors (Lipinski definition) is 3. The van der Waals surface area contributed by atoms with Gasteiger partial charge in [-0.2, -0.15) is 0 Å². The van der Waals surface area contributed by atoms with E-state index in [4.69, 9.17) is 5.11 Å². The van der Waals surface area contributed by atoms with Gasteiger partial charge in [-0.05, 0) is 6.42 Å². The van der Waals surface area contributed by atoms with Crippen LogP contribution < -0.4 is 5.32 Å². The van der Waals surface area contributed by atoms with Crippen molar-refractivity contribution in [3.05, 3.63) is 0 Å². The van der Waals surface area contributed by atoms with E-state index >= 15 is 0 Å². The number of nitrogens with one attached hydrogen (secondary N) is 1. The minimum atomic E-state index is -1.16. The lowest BCUT2D eigenvalue weighted by atomic mass is 10.2. The van der Waals surface area contributed by atoms with Crippen LogP contribution in [0.5, 0.6) is 0 Å². The number of aliphatic hydroxyl groups excluding tert-OH is 1. The maximum Gasteiger partial charge on any atom is 0.312 e. The molecule has 0 aromatic heterocycles. The Morgan fingerprint density at radius 1 is 1.46 bits per heavy atom. The number of aliphatic carboxylic acids is 1. The van der Waals surface area contributed by atoms with Crippen molar-refractivity contribution in [3.63, 3.8) is 0 Å². The highest BCUT2D eigenvalue weighted by atomic mass is 16.4. The van der Waals surface area contributed by atoms with Gasteiger partial charge < -0.3 is 15.5 Å². The number of carboxylic acids is 1. The van der Waals surface area contributed by atoms with Crippen LogP contribution in [0.1, 0.15) is 26.2 Å². The van der Waals surface area contributed by atoms with E-state index in [1.54, 1.807) is 0 Å². The Morgan fingerprint density at radius 3 is 2.54 bits per heavy atom. The summed E-state index contributed by atoms with van der Waals surface area (Å²) in [4.78, 5) is 20.8. The van der Waals surface area contributed by atoms with Gasteiger partial charge in [0.15, 0.2) is 0 Å². The van der Waals surface area contributed by atoms with Gasteiger partial charge in [0.05, 0.1) is 6.10 Å². The highest BCUT2D eigenvalue weighted by Gasteiger charge is 2.08. The van der Waals surface area contributed by atoms with Crippen LogP contribution in [0.25, 0.3) is 0 Å². The van der Waals surface area contributed by atoms with E-state index in [1.165, 1.54) is 0 Å². The average Bonchev–Trinajstić information content (AvgIpc) is 2.00. The SMILES string of the molecule is CCCC(O)CNC(=O)CC(=O)O. The van der Waals surface area contributed by atoms with E-state index in [1.807, 2.05) is 6.92 Å². The molecule has 0 heterocycles. The van der Waals surface area contributed by atoms with Crippen molar-refractivity contribution in [3.8, 4) is 0 Å². The van der Waals surface area contributed by atoms with Crippen LogP contribution in [0, 0.1) is 0 Å². The van der Waals surface area contributed by atoms with Gasteiger partial charge >= 0.3 is 5.97 Å². The average molecular weight is 189 g/mol. The summed E-state index contributed by atoms with van der Waals surface area (Å²) in [7, 11) is 0. The fraction of sp³-hybridized carbons (Fsp3) is 0.750. The Labute approximate surface area is 76.8 Å². The van der Waals surface area contributed by atoms with Gasteiger partial charge in [-0.1, -0.05) is 13.3 Å². The molecule has 0 aliphatic heterocycles. The Bertz CT molecular complexity index is 181. The summed E-state index contributed by atoms with van der Waals surface area (Å²) in [6, 6.07) is 0. The summed E-state index contributed by atoms with van der Waals surface area (Å²) in [5, 5.41) is 19.7. The largest absolute Gasteiger partial charge is 0.481 e. The fourth-order valence-electron chi connectivity index (χ4n) is 0.867. The Balaban J connectivity index is 3.51. The second kappa shape index (κ2) is 6.42. The first kappa shape index (κ1) is 11.9. The van der Waals surface area contributed by atoms with Gasteiger partial charge in [-0.25, -0.2) is 0 Å². The van der Waals surface area contributed by atoms with Crippen molar-refractivity contribution in [2.75, 3.05) is 6.54 Å². The molecule has 5 heteroatoms. The van der Waals surface area contributed by atoms with Gasteiger partial charge in [0.25, 0.3) is 0 Å². The van der Waals surface area contributed by atoms with E-state index < -0.39 is 24.4 Å². The standard InChI is InChI=1S/C8H15NO4/c1-2-3-6(10)5-9-7(11)4-8(12)13/h6,10H,2-5H2,1H3,(H,9,11)(H,12,13). The van der Waals surface area contributed by atoms with Crippen molar-refractivity contribution in [1.82, 2.24) is 5.32 Å². The van der Waals surface area contributed by atoms with Gasteiger partial charge in [0.2, 0.25) is 5.91 Å². The van der Waals surface area contributed by atoms with Crippen molar-refractivity contribution < 1.29 is 19.8 Å². The molecule has 0 saturated carbocycles. The third-order valence-electron chi connectivity index (χ3n) is 1.47. The van der Waals surface area contributed by atoms with E-state index in [0.29, 0.717) is 6.42 Å². The monoisotopic (exact) mass is 189 g/mol. The molecule has 1 unspecified atom stereocenters. The molecular weight excluding hydrogens is 174 g/mol. The topological polar surface area (TPSA) is 86.6 Å². The lowest BCUT2D eigenvalue weighted by Gasteiger charge is -2.09. The van der Waals surface area contributed by atoms with Gasteiger partial charge in [0.1, 0.15) is 6.42 Å². The molecule has 13 heavy (non-hydrogen) atoms. The first-order chi connectivity index (χ1) is 6.06. The molecular formula is C8H15NO4. The molecule has 3 N–H and O–H groups in total. The molecule has 1 atom stereocenters. The van der Waals surface area contributed by atoms with Gasteiger partial charge in [-0.15, -0.1) is 0 Å². The molecule has 0 fully saturated rings. The highest BCUT2D eigenvalue weighted by Crippen LogP contribution is 1.93. The number of hydrogen-bond acceptors (Lipinski definition) is 3. The molecule has 0 aromatic carbocycles. The Kier molecular flexibility index (Phi) is 5.88. The summed E-state index contributed by atoms with van der Waals surface area (Å²) in [6.07, 6.45) is 0.310. The van der Waals surface area contributed by atoms with Crippen LogP contribution in [0.3, 0.4) is 0 Å². The predicted molar refractivity (Wildman–Crippen MR) is 46.2 cm³/mol. The summed E-state index contributed by atoms with van der Waals surface area (Å²) < 4.78 is 0. The van der Waals surface area contributed by atoms with Crippen molar-refractivity contribution in [2.45, 2.75) is 32.3 Å². The van der Waals surface area contributed by atoms with E-state index in [9.17, 15) is 14.7 Å². The van der Waals surface area contributed by atoms with Gasteiger partial charge in [0, 0.05) is 6.54 Å². The van der Waals surface area contributed by atoms with Crippen LogP contribution in [0.4, 0.5) is 0 Å². The third-order valence-corrected chi connectivity index (χ3v) is 1.47. The third kappa shape index (κ3) is 7.27. The summed E-state index contributed by atoms with van der Waals surface area (Å²) in [5.41, 5.74) is 0. The lowest BCUT2D eigenvalue weighted by Crippen LogP contribution is -2.33. The number of carbonyl (C=O) groups is 2. The molecule has 0 aliphatic rings. The fourth-order valence-corrected chi connectivity index (χ4v) is 0.867. The quantitative estimate of drug-likeness (QED) is 0.502. The number of rotatable bonds is 6. The molecule has 5 nitrogen and oxygen atoms in total. The zero-order chi connectivity index (χ0) is 10.3. The highest BCUT2D eigenvalue weighted by molar-refractivity contribution is 5.93. The molecule has 76 valence electrons. The molecule has 0 aromatic rings. The predicted octanol–water partition coefficient (Wildman–Crippen LogP) is -0.262. The maximum atomic E-state index is 10.8. The van der Waals surface area contributed by atoms with Crippen molar-refractivity contribution >= 4 is 11.9 Å². The molecule has 0 aliphatic carbocycles. The van der Waals surface area contributed by atoms with Crippen LogP contribution >= 0.6 is 0 Å². The summed E-state index contributed by atoms with van der Waals surface area (Å²) in [6.45, 7) is 2.04. The lowest BCUT2D eigenvalue weighted by molar-refractivity contribution is -0.140. The number of aliphatic hydroxyl groups is 1. The van der Waals surface area contributed by atoms with E-state index in [2.05, 4.69) is 5.32 Å². The van der Waals surface area contributed by atoms with E-state index in [0.717, 1.165) is 6.42 Å². The van der Waals surface area contributed by atoms with Crippen LogP contribution in [0.15, 0.2) is 0 Å². The Morgan fingerprint density at radius 2 is 2.08 bits per heavy atom. The Hall–Kier alpha value is -1.10. The van der Waals surface area contributed by atoms with Crippen LogP contribution in [-0.2, 0) is 9.59 Å². The first-order valence-electron chi connectivity index (χ1n) is 4.22. The number of carbonyl (C=O) groups excluding carboxylic acids is 1. The van der Waals surface area contributed by atoms with Crippen LogP contribution in [-0.4, -0.2) is 34.7 Å². The van der Waals surface area contributed by atoms with Crippen molar-refractivity contribution in [1.29, 1.82) is 0 Å². The molecule has 0 radical (unpaired) electrons. The van der Waals surface area contributed by atoms with E-state index in [-0.39, 0.29) is 6.54 Å². The minimum absolute atomic E-state index is 0.125.